The molecule has 4 nitrogen and oxygen atoms in total. The SMILES string of the molecule is CC(C)O[Si](C)(O[SiH](C)O[Si](C)(C)C)O[Si](C)(C)C. The lowest BCUT2D eigenvalue weighted by Gasteiger charge is -2.36. The Bertz CT molecular complexity index is 275. The molecule has 0 heterocycles. The van der Waals surface area contributed by atoms with Crippen molar-refractivity contribution in [3.8, 4) is 0 Å². The molecule has 0 aromatic carbocycles. The Hall–Kier alpha value is 0.708. The zero-order valence-corrected chi connectivity index (χ0v) is 18.4. The fourth-order valence-electron chi connectivity index (χ4n) is 1.88. The lowest BCUT2D eigenvalue weighted by molar-refractivity contribution is 0.121. The van der Waals surface area contributed by atoms with Gasteiger partial charge in [0, 0.05) is 12.7 Å². The van der Waals surface area contributed by atoms with Crippen LogP contribution < -0.4 is 0 Å². The lowest BCUT2D eigenvalue weighted by atomic mass is 10.5. The maximum Gasteiger partial charge on any atom is 0.478 e. The van der Waals surface area contributed by atoms with Gasteiger partial charge in [-0.05, 0) is 59.7 Å². The van der Waals surface area contributed by atoms with Crippen molar-refractivity contribution < 1.29 is 16.8 Å². The normalized spacial score (nSPS) is 18.5. The van der Waals surface area contributed by atoms with Crippen molar-refractivity contribution >= 4 is 34.7 Å². The molecule has 0 N–H and O–H groups in total. The predicted octanol–water partition coefficient (Wildman–Crippen LogP) is 3.55. The van der Waals surface area contributed by atoms with Crippen LogP contribution in [0, 0.1) is 0 Å². The monoisotopic (exact) mass is 340 g/mol. The van der Waals surface area contributed by atoms with Crippen molar-refractivity contribution in [2.24, 2.45) is 0 Å². The van der Waals surface area contributed by atoms with E-state index >= 15 is 0 Å². The molecule has 19 heavy (non-hydrogen) atoms. The number of hydrogen-bond donors (Lipinski definition) is 0. The van der Waals surface area contributed by atoms with Gasteiger partial charge >= 0.3 is 18.1 Å². The molecule has 8 heteroatoms. The van der Waals surface area contributed by atoms with E-state index in [1.165, 1.54) is 0 Å². The Labute approximate surface area is 124 Å². The van der Waals surface area contributed by atoms with E-state index in [1.807, 2.05) is 20.4 Å². The maximum atomic E-state index is 6.22. The molecule has 0 saturated carbocycles. The first-order valence-electron chi connectivity index (χ1n) is 6.96. The molecule has 0 aliphatic heterocycles. The van der Waals surface area contributed by atoms with E-state index < -0.39 is 34.7 Å². The zero-order chi connectivity index (χ0) is 15.5. The molecule has 0 spiro atoms. The van der Waals surface area contributed by atoms with Gasteiger partial charge in [-0.2, -0.15) is 0 Å². The topological polar surface area (TPSA) is 36.9 Å². The van der Waals surface area contributed by atoms with Crippen LogP contribution in [0.1, 0.15) is 13.8 Å². The predicted molar refractivity (Wildman–Crippen MR) is 90.8 cm³/mol. The summed E-state index contributed by atoms with van der Waals surface area (Å²) in [6.07, 6.45) is 0.112. The summed E-state index contributed by atoms with van der Waals surface area (Å²) in [6.45, 7) is 21.2. The minimum atomic E-state index is -2.59. The fourth-order valence-corrected chi connectivity index (χ4v) is 15.2. The van der Waals surface area contributed by atoms with E-state index in [4.69, 9.17) is 16.8 Å². The summed E-state index contributed by atoms with van der Waals surface area (Å²) in [6, 6.07) is 0. The van der Waals surface area contributed by atoms with Gasteiger partial charge in [0.15, 0.2) is 16.6 Å². The first kappa shape index (κ1) is 19.7. The standard InChI is InChI=1S/C11H32O4Si4/c1-11(2)12-19(10,15-18(7,8)9)14-16(3)13-17(4,5)6/h11,16H,1-10H3. The highest BCUT2D eigenvalue weighted by Crippen LogP contribution is 2.21. The fraction of sp³-hybridized carbons (Fsp3) is 1.00. The van der Waals surface area contributed by atoms with Gasteiger partial charge in [-0.3, -0.25) is 0 Å². The van der Waals surface area contributed by atoms with E-state index in [2.05, 4.69) is 45.8 Å². The highest BCUT2D eigenvalue weighted by atomic mass is 28.5. The van der Waals surface area contributed by atoms with E-state index in [0.29, 0.717) is 0 Å². The third-order valence-electron chi connectivity index (χ3n) is 1.84. The average Bonchev–Trinajstić information content (AvgIpc) is 1.89. The molecular formula is C11H32O4Si4. The first-order chi connectivity index (χ1) is 8.22. The molecule has 0 rings (SSSR count). The molecule has 2 unspecified atom stereocenters. The van der Waals surface area contributed by atoms with Gasteiger partial charge in [0.05, 0.1) is 0 Å². The van der Waals surface area contributed by atoms with Crippen molar-refractivity contribution in [1.82, 2.24) is 0 Å². The molecule has 0 saturated heterocycles. The molecule has 0 fully saturated rings. The van der Waals surface area contributed by atoms with Crippen LogP contribution >= 0.6 is 0 Å². The molecule has 116 valence electrons. The van der Waals surface area contributed by atoms with E-state index in [0.717, 1.165) is 0 Å². The highest BCUT2D eigenvalue weighted by Gasteiger charge is 2.42. The van der Waals surface area contributed by atoms with Crippen LogP contribution in [0.15, 0.2) is 0 Å². The van der Waals surface area contributed by atoms with E-state index in [9.17, 15) is 0 Å². The van der Waals surface area contributed by atoms with Crippen LogP contribution in [0.5, 0.6) is 0 Å². The molecule has 0 aliphatic rings. The van der Waals surface area contributed by atoms with Gasteiger partial charge in [-0.15, -0.1) is 0 Å². The summed E-state index contributed by atoms with van der Waals surface area (Å²) in [4.78, 5) is 0. The van der Waals surface area contributed by atoms with Gasteiger partial charge < -0.3 is 16.8 Å². The second-order valence-electron chi connectivity index (χ2n) is 7.16. The summed E-state index contributed by atoms with van der Waals surface area (Å²) in [7, 11) is -7.55. The minimum absolute atomic E-state index is 0.112. The van der Waals surface area contributed by atoms with Crippen LogP contribution in [0.4, 0.5) is 0 Å². The lowest BCUT2D eigenvalue weighted by Crippen LogP contribution is -2.54. The minimum Gasteiger partial charge on any atom is -0.439 e. The van der Waals surface area contributed by atoms with Gasteiger partial charge in [0.2, 0.25) is 0 Å². The summed E-state index contributed by atoms with van der Waals surface area (Å²) < 4.78 is 24.5. The number of hydrogen-bond acceptors (Lipinski definition) is 4. The van der Waals surface area contributed by atoms with Crippen LogP contribution in [-0.2, 0) is 16.8 Å². The third kappa shape index (κ3) is 11.1. The summed E-state index contributed by atoms with van der Waals surface area (Å²) in [5, 5.41) is 0. The first-order valence-corrected chi connectivity index (χ1v) is 18.1. The summed E-state index contributed by atoms with van der Waals surface area (Å²) in [5.41, 5.74) is 0. The van der Waals surface area contributed by atoms with Crippen molar-refractivity contribution in [2.75, 3.05) is 0 Å². The van der Waals surface area contributed by atoms with Crippen molar-refractivity contribution in [3.63, 3.8) is 0 Å². The molecular weight excluding hydrogens is 308 g/mol. The molecule has 0 aliphatic carbocycles. The quantitative estimate of drug-likeness (QED) is 0.633. The van der Waals surface area contributed by atoms with Crippen LogP contribution in [-0.4, -0.2) is 40.8 Å². The molecule has 0 bridgehead atoms. The molecule has 0 amide bonds. The van der Waals surface area contributed by atoms with E-state index in [-0.39, 0.29) is 6.10 Å². The Kier molecular flexibility index (Phi) is 7.38. The molecule has 0 radical (unpaired) electrons. The second-order valence-corrected chi connectivity index (χ2v) is 21.4. The van der Waals surface area contributed by atoms with Crippen LogP contribution in [0.3, 0.4) is 0 Å². The third-order valence-corrected chi connectivity index (χ3v) is 13.9. The zero-order valence-electron chi connectivity index (χ0n) is 14.3. The van der Waals surface area contributed by atoms with Crippen molar-refractivity contribution in [3.05, 3.63) is 0 Å². The van der Waals surface area contributed by atoms with Gasteiger partial charge in [-0.25, -0.2) is 0 Å². The summed E-state index contributed by atoms with van der Waals surface area (Å²) in [5.74, 6) is 0. The van der Waals surface area contributed by atoms with Gasteiger partial charge in [-0.1, -0.05) is 0 Å². The van der Waals surface area contributed by atoms with E-state index in [1.54, 1.807) is 0 Å². The van der Waals surface area contributed by atoms with Crippen LogP contribution in [0.25, 0.3) is 0 Å². The largest absolute Gasteiger partial charge is 0.478 e. The Morgan fingerprint density at radius 2 is 1.26 bits per heavy atom. The van der Waals surface area contributed by atoms with Crippen LogP contribution in [0.2, 0.25) is 52.4 Å². The van der Waals surface area contributed by atoms with Gasteiger partial charge in [0.1, 0.15) is 0 Å². The van der Waals surface area contributed by atoms with Gasteiger partial charge in [0.25, 0.3) is 0 Å². The molecule has 0 aromatic rings. The summed E-state index contributed by atoms with van der Waals surface area (Å²) >= 11 is 0. The average molecular weight is 341 g/mol. The smallest absolute Gasteiger partial charge is 0.439 e. The molecule has 2 atom stereocenters. The Morgan fingerprint density at radius 3 is 1.58 bits per heavy atom. The van der Waals surface area contributed by atoms with Crippen molar-refractivity contribution in [1.29, 1.82) is 0 Å². The number of rotatable bonds is 8. The molecule has 0 aromatic heterocycles. The maximum absolute atomic E-state index is 6.22. The Balaban J connectivity index is 4.76. The second kappa shape index (κ2) is 7.12. The van der Waals surface area contributed by atoms with Crippen molar-refractivity contribution in [2.45, 2.75) is 72.3 Å². The Morgan fingerprint density at radius 1 is 0.789 bits per heavy atom. The highest BCUT2D eigenvalue weighted by molar-refractivity contribution is 6.83.